The molecule has 5 nitrogen and oxygen atoms in total. The number of carbonyl (C=O) groups is 2. The first kappa shape index (κ1) is 40.0. The van der Waals surface area contributed by atoms with Gasteiger partial charge in [-0.1, -0.05) is 0 Å². The minimum Gasteiger partial charge on any atom is -0.487 e. The summed E-state index contributed by atoms with van der Waals surface area (Å²) in [5.74, 6) is -71.6. The summed E-state index contributed by atoms with van der Waals surface area (Å²) in [4.78, 5) is 22.9. The molecule has 0 fully saturated rings. The highest BCUT2D eigenvalue weighted by Crippen LogP contribution is 2.65. The average Bonchev–Trinajstić information content (AvgIpc) is 2.95. The summed E-state index contributed by atoms with van der Waals surface area (Å²) in [5, 5.41) is 8.80. The molecule has 0 aliphatic rings. The van der Waals surface area contributed by atoms with Gasteiger partial charge in [-0.15, -0.1) is 0 Å². The van der Waals surface area contributed by atoms with Gasteiger partial charge < -0.3 is 14.6 Å². The van der Waals surface area contributed by atoms with Gasteiger partial charge in [0.1, 0.15) is 11.5 Å². The van der Waals surface area contributed by atoms with Crippen LogP contribution in [0.4, 0.5) is 83.4 Å². The van der Waals surface area contributed by atoms with Crippen molar-refractivity contribution >= 4 is 11.9 Å². The van der Waals surface area contributed by atoms with Gasteiger partial charge in [0.15, 0.2) is 6.61 Å². The predicted molar refractivity (Wildman–Crippen MR) is 116 cm³/mol. The molecule has 2 rings (SSSR count). The molecule has 0 radical (unpaired) electrons. The Morgan fingerprint density at radius 2 is 0.812 bits per heavy atom. The van der Waals surface area contributed by atoms with Crippen molar-refractivity contribution < 1.29 is 108 Å². The van der Waals surface area contributed by atoms with Gasteiger partial charge in [0, 0.05) is 0 Å². The number of carboxylic acid groups (broad SMARTS) is 1. The summed E-state index contributed by atoms with van der Waals surface area (Å²) in [6.45, 7) is -3.24. The maximum atomic E-state index is 14.1. The Bertz CT molecular complexity index is 1480. The van der Waals surface area contributed by atoms with Crippen LogP contribution in [0.25, 0.3) is 0 Å². The van der Waals surface area contributed by atoms with Crippen molar-refractivity contribution in [3.8, 4) is 11.5 Å². The lowest BCUT2D eigenvalue weighted by Crippen LogP contribution is -2.76. The first-order valence-electron chi connectivity index (χ1n) is 11.6. The van der Waals surface area contributed by atoms with Gasteiger partial charge in [-0.25, -0.2) is 9.59 Å². The van der Waals surface area contributed by atoms with Gasteiger partial charge in [-0.2, -0.15) is 83.4 Å². The third-order valence-electron chi connectivity index (χ3n) is 6.00. The summed E-state index contributed by atoms with van der Waals surface area (Å²) in [6.07, 6.45) is -7.96. The largest absolute Gasteiger partial charge is 0.487 e. The summed E-state index contributed by atoms with van der Waals surface area (Å²) in [6, 6.07) is 6.02. The highest BCUT2D eigenvalue weighted by molar-refractivity contribution is 5.91. The Balaban J connectivity index is 2.31. The second-order valence-electron chi connectivity index (χ2n) is 9.26. The molecular formula is C24H11F19O5. The van der Waals surface area contributed by atoms with E-state index >= 15 is 0 Å². The van der Waals surface area contributed by atoms with E-state index in [2.05, 4.69) is 4.74 Å². The molecule has 48 heavy (non-hydrogen) atoms. The lowest BCUT2D eigenvalue weighted by Gasteiger charge is -2.43. The fourth-order valence-electron chi connectivity index (χ4n) is 3.18. The van der Waals surface area contributed by atoms with E-state index in [0.717, 1.165) is 24.3 Å². The summed E-state index contributed by atoms with van der Waals surface area (Å²) in [5.41, 5.74) is -0.747. The quantitative estimate of drug-likeness (QED) is 0.127. The first-order chi connectivity index (χ1) is 21.2. The summed E-state index contributed by atoms with van der Waals surface area (Å²) < 4.78 is 264. The molecule has 2 aromatic carbocycles. The number of hydrogen-bond donors (Lipinski definition) is 1. The molecule has 1 N–H and O–H groups in total. The minimum absolute atomic E-state index is 0.237. The molecule has 0 saturated carbocycles. The van der Waals surface area contributed by atoms with Gasteiger partial charge in [-0.3, -0.25) is 0 Å². The number of alkyl halides is 19. The number of rotatable bonds is 13. The second-order valence-corrected chi connectivity index (χ2v) is 9.26. The normalized spacial score (nSPS) is 14.5. The van der Waals surface area contributed by atoms with Crippen molar-refractivity contribution in [2.45, 2.75) is 53.6 Å². The third-order valence-corrected chi connectivity index (χ3v) is 6.00. The van der Waals surface area contributed by atoms with Crippen molar-refractivity contribution in [1.82, 2.24) is 0 Å². The van der Waals surface area contributed by atoms with Crippen LogP contribution >= 0.6 is 0 Å². The Kier molecular flexibility index (Phi) is 10.1. The number of carbonyl (C=O) groups excluding carboxylic acids is 1. The Labute approximate surface area is 251 Å². The number of halogens is 19. The lowest BCUT2D eigenvalue weighted by molar-refractivity contribution is -0.469. The van der Waals surface area contributed by atoms with Crippen LogP contribution < -0.4 is 9.47 Å². The zero-order chi connectivity index (χ0) is 37.7. The molecule has 2 aromatic rings. The standard InChI is InChI=1S/C24H11F19O5/c25-16(26,9-47-12-5-3-11(4-6-12)15(46)48-13-7-1-10(2-8-13)14(44)45)17(27,28)18(29,30)19(31,32)20(33,34)21(35,36)22(37,38)23(39,40)24(41,42)43/h1-8H,9H2,(H,44,45). The molecule has 0 heterocycles. The van der Waals surface area contributed by atoms with Gasteiger partial charge in [0.2, 0.25) is 0 Å². The molecule has 0 aliphatic carbocycles. The van der Waals surface area contributed by atoms with Crippen LogP contribution in [-0.2, 0) is 0 Å². The molecule has 270 valence electrons. The van der Waals surface area contributed by atoms with E-state index in [4.69, 9.17) is 9.84 Å². The van der Waals surface area contributed by atoms with Crippen molar-refractivity contribution in [2.75, 3.05) is 6.61 Å². The van der Waals surface area contributed by atoms with Gasteiger partial charge in [0.25, 0.3) is 0 Å². The fourth-order valence-corrected chi connectivity index (χ4v) is 3.18. The van der Waals surface area contributed by atoms with E-state index in [-0.39, 0.29) is 11.3 Å². The van der Waals surface area contributed by atoms with E-state index in [1.54, 1.807) is 0 Å². The molecule has 24 heteroatoms. The van der Waals surface area contributed by atoms with Crippen molar-refractivity contribution in [3.63, 3.8) is 0 Å². The third kappa shape index (κ3) is 6.23. The molecule has 0 unspecified atom stereocenters. The summed E-state index contributed by atoms with van der Waals surface area (Å²) >= 11 is 0. The number of ether oxygens (including phenoxy) is 2. The van der Waals surface area contributed by atoms with Crippen LogP contribution in [0.5, 0.6) is 11.5 Å². The smallest absolute Gasteiger partial charge is 0.460 e. The molecular weight excluding hydrogens is 729 g/mol. The highest BCUT2D eigenvalue weighted by Gasteiger charge is 2.96. The zero-order valence-electron chi connectivity index (χ0n) is 22.1. The Hall–Kier alpha value is -4.15. The molecule has 0 bridgehead atoms. The zero-order valence-corrected chi connectivity index (χ0v) is 22.1. The molecule has 0 aliphatic heterocycles. The van der Waals surface area contributed by atoms with Gasteiger partial charge in [0.05, 0.1) is 11.1 Å². The Morgan fingerprint density at radius 1 is 0.479 bits per heavy atom. The number of esters is 1. The van der Waals surface area contributed by atoms with E-state index in [0.29, 0.717) is 24.3 Å². The number of hydrogen-bond acceptors (Lipinski definition) is 4. The number of aromatic carboxylic acids is 1. The summed E-state index contributed by atoms with van der Waals surface area (Å²) in [7, 11) is 0. The number of benzene rings is 2. The molecule has 0 saturated heterocycles. The van der Waals surface area contributed by atoms with E-state index in [1.165, 1.54) is 0 Å². The van der Waals surface area contributed by atoms with Crippen LogP contribution in [0.3, 0.4) is 0 Å². The van der Waals surface area contributed by atoms with E-state index in [9.17, 15) is 93.0 Å². The first-order valence-corrected chi connectivity index (χ1v) is 11.6. The monoisotopic (exact) mass is 740 g/mol. The van der Waals surface area contributed by atoms with Crippen LogP contribution in [0, 0.1) is 0 Å². The van der Waals surface area contributed by atoms with E-state index in [1.807, 2.05) is 0 Å². The van der Waals surface area contributed by atoms with Crippen LogP contribution in [0.1, 0.15) is 20.7 Å². The molecule has 0 aromatic heterocycles. The number of carboxylic acids is 1. The predicted octanol–water partition coefficient (Wildman–Crippen LogP) is 8.63. The fraction of sp³-hybridized carbons (Fsp3) is 0.417. The van der Waals surface area contributed by atoms with Crippen molar-refractivity contribution in [1.29, 1.82) is 0 Å². The second kappa shape index (κ2) is 12.1. The van der Waals surface area contributed by atoms with Crippen molar-refractivity contribution in [3.05, 3.63) is 59.7 Å². The van der Waals surface area contributed by atoms with Crippen LogP contribution in [-0.4, -0.2) is 77.2 Å². The SMILES string of the molecule is O=C(O)c1ccc(OC(=O)c2ccc(OCC(F)(F)C(F)(F)C(F)(F)C(F)(F)C(F)(F)C(F)(F)C(F)(F)C(F)(F)C(F)(F)F)cc2)cc1. The van der Waals surface area contributed by atoms with Gasteiger partial charge >= 0.3 is 65.5 Å². The van der Waals surface area contributed by atoms with Crippen molar-refractivity contribution in [2.24, 2.45) is 0 Å². The topological polar surface area (TPSA) is 72.8 Å². The molecule has 0 amide bonds. The lowest BCUT2D eigenvalue weighted by atomic mass is 9.87. The Morgan fingerprint density at radius 3 is 1.19 bits per heavy atom. The van der Waals surface area contributed by atoms with Crippen LogP contribution in [0.15, 0.2) is 48.5 Å². The highest BCUT2D eigenvalue weighted by atomic mass is 19.4. The van der Waals surface area contributed by atoms with E-state index < -0.39 is 83.4 Å². The average molecular weight is 740 g/mol. The molecule has 0 atom stereocenters. The van der Waals surface area contributed by atoms with Crippen LogP contribution in [0.2, 0.25) is 0 Å². The molecule has 0 spiro atoms. The maximum absolute atomic E-state index is 14.1. The maximum Gasteiger partial charge on any atom is 0.460 e. The minimum atomic E-state index is -9.02. The van der Waals surface area contributed by atoms with Gasteiger partial charge in [-0.05, 0) is 48.5 Å².